The van der Waals surface area contributed by atoms with Crippen molar-refractivity contribution < 1.29 is 36.2 Å². The summed E-state index contributed by atoms with van der Waals surface area (Å²) in [5.74, 6) is 0. The summed E-state index contributed by atoms with van der Waals surface area (Å²) in [6.07, 6.45) is 9.09. The summed E-state index contributed by atoms with van der Waals surface area (Å²) in [7, 11) is 0. The number of unbranched alkanes of at least 4 members (excludes halogenated alkanes) is 2. The van der Waals surface area contributed by atoms with Crippen LogP contribution in [0.15, 0.2) is 46.9 Å². The van der Waals surface area contributed by atoms with Crippen molar-refractivity contribution in [1.82, 2.24) is 4.98 Å². The largest absolute Gasteiger partial charge is 2.00 e. The summed E-state index contributed by atoms with van der Waals surface area (Å²) in [5, 5.41) is 24.9. The Morgan fingerprint density at radius 3 is 2.83 bits per heavy atom. The average molecular weight is 550 g/mol. The third kappa shape index (κ3) is 6.35. The van der Waals surface area contributed by atoms with Gasteiger partial charge < -0.3 is 10.5 Å². The van der Waals surface area contributed by atoms with Gasteiger partial charge in [0.15, 0.2) is 0 Å². The van der Waals surface area contributed by atoms with E-state index in [1.807, 2.05) is 16.8 Å². The molecule has 0 saturated carbocycles. The van der Waals surface area contributed by atoms with E-state index in [1.54, 1.807) is 35.9 Å². The number of rotatable bonds is 8. The van der Waals surface area contributed by atoms with Crippen molar-refractivity contribution >= 4 is 17.0 Å². The van der Waals surface area contributed by atoms with Crippen LogP contribution in [-0.4, -0.2) is 15.8 Å². The maximum absolute atomic E-state index is 10.6. The molecule has 0 bridgehead atoms. The van der Waals surface area contributed by atoms with Crippen LogP contribution in [0.2, 0.25) is 0 Å². The van der Waals surface area contributed by atoms with E-state index in [1.165, 1.54) is 0 Å². The minimum absolute atomic E-state index is 0. The predicted molar refractivity (Wildman–Crippen MR) is 91.9 cm³/mol. The van der Waals surface area contributed by atoms with Crippen molar-refractivity contribution in [2.75, 3.05) is 0 Å². The summed E-state index contributed by atoms with van der Waals surface area (Å²) in [4.78, 5) is 4.03. The molecule has 3 nitrogen and oxygen atoms in total. The molecule has 0 amide bonds. The molecular formula is C18H20N2OSU. The standard InChI is InChI=1S/C18H20N2OS.U/c1-2-3-4-7-17(19)16(11-14-8-10-22-13-14)18(21)15-6-5-9-20-12-15;/h5-6,8-10,12-13,18,21H,2-4,7H2,1H3;/q-2;+2. The molecule has 0 aliphatic rings. The van der Waals surface area contributed by atoms with E-state index in [2.05, 4.69) is 18.0 Å². The van der Waals surface area contributed by atoms with Gasteiger partial charge in [0.25, 0.3) is 0 Å². The fraction of sp³-hybridized carbons (Fsp3) is 0.333. The van der Waals surface area contributed by atoms with E-state index in [0.717, 1.165) is 24.8 Å². The monoisotopic (exact) mass is 550 g/mol. The van der Waals surface area contributed by atoms with E-state index < -0.39 is 6.10 Å². The van der Waals surface area contributed by atoms with Gasteiger partial charge in [0.2, 0.25) is 0 Å². The first-order chi connectivity index (χ1) is 10.7. The van der Waals surface area contributed by atoms with Crippen molar-refractivity contribution in [3.05, 3.63) is 69.5 Å². The van der Waals surface area contributed by atoms with Gasteiger partial charge in [-0.25, -0.2) is 11.3 Å². The molecular weight excluding hydrogens is 530 g/mol. The molecule has 0 radical (unpaired) electrons. The fourth-order valence-corrected chi connectivity index (χ4v) is 2.76. The summed E-state index contributed by atoms with van der Waals surface area (Å²) in [6.45, 7) is 2.12. The smallest absolute Gasteiger partial charge is 0.858 e. The number of nitrogens with zero attached hydrogens (tertiary/aromatic N) is 2. The first kappa shape index (κ1) is 20.3. The van der Waals surface area contributed by atoms with Crippen LogP contribution in [0.3, 0.4) is 0 Å². The number of aliphatic hydroxyl groups excluding tert-OH is 1. The molecule has 1 N–H and O–H groups in total. The van der Waals surface area contributed by atoms with Crippen LogP contribution >= 0.6 is 11.3 Å². The van der Waals surface area contributed by atoms with Gasteiger partial charge in [0, 0.05) is 18.0 Å². The maximum atomic E-state index is 10.6. The first-order valence-corrected chi connectivity index (χ1v) is 8.46. The molecule has 5 heteroatoms. The van der Waals surface area contributed by atoms with Crippen molar-refractivity contribution in [3.8, 4) is 0 Å². The second-order valence-corrected chi connectivity index (χ2v) is 5.92. The molecule has 2 aromatic rings. The van der Waals surface area contributed by atoms with Gasteiger partial charge >= 0.3 is 31.1 Å². The van der Waals surface area contributed by atoms with E-state index in [4.69, 9.17) is 0 Å². The van der Waals surface area contributed by atoms with Crippen LogP contribution in [0.4, 0.5) is 0 Å². The zero-order valence-electron chi connectivity index (χ0n) is 13.2. The molecule has 0 spiro atoms. The summed E-state index contributed by atoms with van der Waals surface area (Å²) in [5.41, 5.74) is 2.16. The second-order valence-electron chi connectivity index (χ2n) is 5.14. The Morgan fingerprint density at radius 1 is 1.39 bits per heavy atom. The Hall–Kier alpha value is -0.728. The van der Waals surface area contributed by atoms with Gasteiger partial charge in [-0.1, -0.05) is 49.4 Å². The van der Waals surface area contributed by atoms with E-state index in [0.29, 0.717) is 17.6 Å². The minimum atomic E-state index is -0.921. The van der Waals surface area contributed by atoms with E-state index >= 15 is 0 Å². The third-order valence-electron chi connectivity index (χ3n) is 3.40. The van der Waals surface area contributed by atoms with Gasteiger partial charge in [-0.2, -0.15) is 0 Å². The molecule has 2 rings (SSSR count). The Kier molecular flexibility index (Phi) is 9.66. The Morgan fingerprint density at radius 2 is 2.22 bits per heavy atom. The van der Waals surface area contributed by atoms with Crippen molar-refractivity contribution in [2.24, 2.45) is 0 Å². The van der Waals surface area contributed by atoms with Crippen LogP contribution in [0, 0.1) is 37.2 Å². The maximum Gasteiger partial charge on any atom is 2.00 e. The van der Waals surface area contributed by atoms with Crippen molar-refractivity contribution in [2.45, 2.75) is 38.7 Å². The molecule has 23 heavy (non-hydrogen) atoms. The van der Waals surface area contributed by atoms with Crippen molar-refractivity contribution in [3.63, 3.8) is 0 Å². The molecule has 0 aromatic carbocycles. The van der Waals surface area contributed by atoms with Gasteiger partial charge in [-0.3, -0.25) is 10.7 Å². The summed E-state index contributed by atoms with van der Waals surface area (Å²) < 4.78 is 0. The van der Waals surface area contributed by atoms with Gasteiger partial charge in [0.1, 0.15) is 0 Å². The number of hydrogen-bond donors (Lipinski definition) is 1. The Balaban J connectivity index is 0.00000264. The molecule has 1 atom stereocenters. The Bertz CT molecular complexity index is 611. The molecule has 2 heterocycles. The Labute approximate surface area is 165 Å². The number of aromatic nitrogens is 1. The van der Waals surface area contributed by atoms with Gasteiger partial charge in [-0.15, -0.1) is 23.3 Å². The van der Waals surface area contributed by atoms with Crippen LogP contribution in [0.1, 0.15) is 49.8 Å². The SMILES string of the molecule is CCCCCC(=[N-])C(=[C-]c1ccsc1)C(O)c1cccnc1.[U+2]. The zero-order valence-corrected chi connectivity index (χ0v) is 18.2. The minimum Gasteiger partial charge on any atom is -0.858 e. The third-order valence-corrected chi connectivity index (χ3v) is 4.09. The van der Waals surface area contributed by atoms with Gasteiger partial charge in [0.05, 0.1) is 6.10 Å². The summed E-state index contributed by atoms with van der Waals surface area (Å²) in [6, 6.07) is 5.49. The first-order valence-electron chi connectivity index (χ1n) is 7.51. The molecule has 0 fully saturated rings. The van der Waals surface area contributed by atoms with E-state index in [9.17, 15) is 10.5 Å². The quantitative estimate of drug-likeness (QED) is 0.298. The summed E-state index contributed by atoms with van der Waals surface area (Å²) >= 11 is 1.56. The van der Waals surface area contributed by atoms with Crippen LogP contribution < -0.4 is 0 Å². The molecule has 0 aliphatic heterocycles. The topological polar surface area (TPSA) is 55.4 Å². The predicted octanol–water partition coefficient (Wildman–Crippen LogP) is 4.55. The van der Waals surface area contributed by atoms with Crippen LogP contribution in [0.5, 0.6) is 0 Å². The molecule has 0 aliphatic carbocycles. The van der Waals surface area contributed by atoms with Gasteiger partial charge in [-0.05, 0) is 6.07 Å². The number of thiophene rings is 1. The van der Waals surface area contributed by atoms with Crippen LogP contribution in [-0.2, 0) is 0 Å². The zero-order chi connectivity index (χ0) is 15.8. The molecule has 2 aromatic heterocycles. The fourth-order valence-electron chi connectivity index (χ4n) is 2.17. The van der Waals surface area contributed by atoms with Crippen molar-refractivity contribution in [1.29, 1.82) is 0 Å². The second kappa shape index (κ2) is 10.9. The molecule has 118 valence electrons. The number of aliphatic hydroxyl groups is 1. The average Bonchev–Trinajstić information content (AvgIpc) is 3.06. The number of pyridine rings is 1. The van der Waals surface area contributed by atoms with E-state index in [-0.39, 0.29) is 36.8 Å². The van der Waals surface area contributed by atoms with Crippen LogP contribution in [0.25, 0.3) is 5.41 Å². The number of hydrogen-bond acceptors (Lipinski definition) is 3. The molecule has 0 saturated heterocycles. The molecule has 1 unspecified atom stereocenters. The normalized spacial score (nSPS) is 12.5.